The predicted molar refractivity (Wildman–Crippen MR) is 121 cm³/mol. The van der Waals surface area contributed by atoms with Crippen LogP contribution in [0.1, 0.15) is 21.5 Å². The highest BCUT2D eigenvalue weighted by Crippen LogP contribution is 2.22. The minimum absolute atomic E-state index is 0.303. The average molecular weight is 418 g/mol. The number of hydrogen-bond acceptors (Lipinski definition) is 5. The molecule has 0 saturated heterocycles. The fraction of sp³-hybridized carbons (Fsp3) is 0.200. The molecular weight excluding hydrogens is 392 g/mol. The zero-order valence-corrected chi connectivity index (χ0v) is 17.9. The summed E-state index contributed by atoms with van der Waals surface area (Å²) in [7, 11) is 3.25. The maximum atomic E-state index is 12.6. The molecule has 0 aliphatic heterocycles. The summed E-state index contributed by atoms with van der Waals surface area (Å²) in [5, 5.41) is 3.23. The van der Waals surface area contributed by atoms with Crippen LogP contribution in [0.3, 0.4) is 0 Å². The number of benzene rings is 3. The number of rotatable bonds is 8. The molecule has 1 N–H and O–H groups in total. The molecule has 0 saturated carbocycles. The Morgan fingerprint density at radius 1 is 0.935 bits per heavy atom. The number of ether oxygens (including phenoxy) is 2. The molecule has 0 atom stereocenters. The summed E-state index contributed by atoms with van der Waals surface area (Å²) < 4.78 is 10.6. The third-order valence-electron chi connectivity index (χ3n) is 4.83. The summed E-state index contributed by atoms with van der Waals surface area (Å²) in [6.07, 6.45) is 0. The lowest BCUT2D eigenvalue weighted by Gasteiger charge is -2.19. The number of aryl methyl sites for hydroxylation is 1. The van der Waals surface area contributed by atoms with Gasteiger partial charge >= 0.3 is 5.97 Å². The smallest absolute Gasteiger partial charge is 0.340 e. The van der Waals surface area contributed by atoms with Crippen molar-refractivity contribution in [1.29, 1.82) is 0 Å². The number of nitrogens with one attached hydrogen (secondary N) is 1. The van der Waals surface area contributed by atoms with Crippen molar-refractivity contribution in [3.63, 3.8) is 0 Å². The van der Waals surface area contributed by atoms with Gasteiger partial charge in [0.05, 0.1) is 18.4 Å². The second-order valence-electron chi connectivity index (χ2n) is 7.17. The van der Waals surface area contributed by atoms with Crippen LogP contribution < -0.4 is 10.1 Å². The zero-order valence-electron chi connectivity index (χ0n) is 17.9. The quantitative estimate of drug-likeness (QED) is 0.543. The second-order valence-corrected chi connectivity index (χ2v) is 7.17. The first-order valence-corrected chi connectivity index (χ1v) is 9.93. The number of amides is 1. The van der Waals surface area contributed by atoms with Crippen LogP contribution in [0.2, 0.25) is 0 Å². The third-order valence-corrected chi connectivity index (χ3v) is 4.83. The predicted octanol–water partition coefficient (Wildman–Crippen LogP) is 4.56. The van der Waals surface area contributed by atoms with Crippen molar-refractivity contribution in [2.45, 2.75) is 13.5 Å². The van der Waals surface area contributed by atoms with E-state index in [0.29, 0.717) is 23.5 Å². The van der Waals surface area contributed by atoms with E-state index in [9.17, 15) is 9.59 Å². The van der Waals surface area contributed by atoms with Gasteiger partial charge in [0, 0.05) is 24.8 Å². The lowest BCUT2D eigenvalue weighted by atomic mass is 10.1. The Kier molecular flexibility index (Phi) is 7.27. The van der Waals surface area contributed by atoms with Crippen molar-refractivity contribution in [1.82, 2.24) is 4.90 Å². The molecular formula is C25H26N2O4. The van der Waals surface area contributed by atoms with E-state index in [0.717, 1.165) is 16.8 Å². The molecule has 0 aliphatic rings. The first kappa shape index (κ1) is 21.9. The number of carbonyl (C=O) groups is 2. The average Bonchev–Trinajstić information content (AvgIpc) is 2.79. The molecule has 3 rings (SSSR count). The molecule has 0 aromatic heterocycles. The van der Waals surface area contributed by atoms with Crippen molar-refractivity contribution in [3.05, 3.63) is 89.5 Å². The highest BCUT2D eigenvalue weighted by Gasteiger charge is 2.17. The minimum atomic E-state index is -0.561. The van der Waals surface area contributed by atoms with Gasteiger partial charge < -0.3 is 19.7 Å². The van der Waals surface area contributed by atoms with Crippen molar-refractivity contribution in [2.24, 2.45) is 0 Å². The summed E-state index contributed by atoms with van der Waals surface area (Å²) >= 11 is 0. The first-order valence-electron chi connectivity index (χ1n) is 9.93. The van der Waals surface area contributed by atoms with Crippen LogP contribution in [0, 0.1) is 6.92 Å². The van der Waals surface area contributed by atoms with Crippen molar-refractivity contribution in [3.8, 4) is 5.75 Å². The van der Waals surface area contributed by atoms with Gasteiger partial charge in [0.25, 0.3) is 5.91 Å². The zero-order chi connectivity index (χ0) is 22.2. The molecule has 0 bridgehead atoms. The van der Waals surface area contributed by atoms with E-state index in [1.807, 2.05) is 61.5 Å². The Hall–Kier alpha value is -3.80. The van der Waals surface area contributed by atoms with E-state index in [4.69, 9.17) is 9.47 Å². The Balaban J connectivity index is 1.61. The number of hydrogen-bond donors (Lipinski definition) is 1. The van der Waals surface area contributed by atoms with Gasteiger partial charge in [-0.2, -0.15) is 0 Å². The monoisotopic (exact) mass is 418 g/mol. The number of esters is 1. The molecule has 0 fully saturated rings. The van der Waals surface area contributed by atoms with Crippen molar-refractivity contribution in [2.75, 3.05) is 26.1 Å². The fourth-order valence-electron chi connectivity index (χ4n) is 3.06. The molecule has 3 aromatic carbocycles. The molecule has 0 heterocycles. The molecule has 0 unspecified atom stereocenters. The SMILES string of the molecule is COc1ccccc1CN(C)C(=O)COC(=O)c1ccccc1Nc1ccc(C)cc1. The van der Waals surface area contributed by atoms with Gasteiger partial charge in [-0.3, -0.25) is 4.79 Å². The van der Waals surface area contributed by atoms with E-state index < -0.39 is 5.97 Å². The number of nitrogens with zero attached hydrogens (tertiary/aromatic N) is 1. The Bertz CT molecular complexity index is 1050. The highest BCUT2D eigenvalue weighted by molar-refractivity contribution is 5.97. The molecule has 0 aliphatic carbocycles. The van der Waals surface area contributed by atoms with E-state index in [2.05, 4.69) is 5.32 Å². The van der Waals surface area contributed by atoms with Gasteiger partial charge in [-0.05, 0) is 37.3 Å². The van der Waals surface area contributed by atoms with Gasteiger partial charge in [-0.15, -0.1) is 0 Å². The van der Waals surface area contributed by atoms with Crippen LogP contribution in [-0.4, -0.2) is 37.5 Å². The van der Waals surface area contributed by atoms with Gasteiger partial charge in [-0.1, -0.05) is 48.0 Å². The lowest BCUT2D eigenvalue weighted by Crippen LogP contribution is -2.31. The first-order chi connectivity index (χ1) is 15.0. The largest absolute Gasteiger partial charge is 0.496 e. The maximum absolute atomic E-state index is 12.6. The molecule has 31 heavy (non-hydrogen) atoms. The summed E-state index contributed by atoms with van der Waals surface area (Å²) in [5.74, 6) is -0.160. The lowest BCUT2D eigenvalue weighted by molar-refractivity contribution is -0.133. The molecule has 160 valence electrons. The van der Waals surface area contributed by atoms with E-state index in [-0.39, 0.29) is 12.5 Å². The van der Waals surface area contributed by atoms with Gasteiger partial charge in [-0.25, -0.2) is 4.79 Å². The van der Waals surface area contributed by atoms with Gasteiger partial charge in [0.2, 0.25) is 0 Å². The van der Waals surface area contributed by atoms with Crippen LogP contribution >= 0.6 is 0 Å². The molecule has 0 spiro atoms. The third kappa shape index (κ3) is 5.85. The van der Waals surface area contributed by atoms with Crippen LogP contribution in [0.4, 0.5) is 11.4 Å². The van der Waals surface area contributed by atoms with Crippen LogP contribution in [0.25, 0.3) is 0 Å². The number of methoxy groups -OCH3 is 1. The van der Waals surface area contributed by atoms with E-state index in [1.54, 1.807) is 32.4 Å². The highest BCUT2D eigenvalue weighted by atomic mass is 16.5. The minimum Gasteiger partial charge on any atom is -0.496 e. The van der Waals surface area contributed by atoms with Crippen LogP contribution in [0.15, 0.2) is 72.8 Å². The fourth-order valence-corrected chi connectivity index (χ4v) is 3.06. The molecule has 6 nitrogen and oxygen atoms in total. The topological polar surface area (TPSA) is 67.9 Å². The number of carbonyl (C=O) groups excluding carboxylic acids is 2. The van der Waals surface area contributed by atoms with Gasteiger partial charge in [0.1, 0.15) is 5.75 Å². The number of anilines is 2. The Labute approximate surface area is 182 Å². The number of likely N-dealkylation sites (N-methyl/N-ethyl adjacent to an activating group) is 1. The second kappa shape index (κ2) is 10.3. The normalized spacial score (nSPS) is 10.3. The van der Waals surface area contributed by atoms with E-state index in [1.165, 1.54) is 4.90 Å². The molecule has 6 heteroatoms. The van der Waals surface area contributed by atoms with Crippen molar-refractivity contribution < 1.29 is 19.1 Å². The summed E-state index contributed by atoms with van der Waals surface area (Å²) in [4.78, 5) is 26.6. The van der Waals surface area contributed by atoms with Gasteiger partial charge in [0.15, 0.2) is 6.61 Å². The maximum Gasteiger partial charge on any atom is 0.340 e. The summed E-state index contributed by atoms with van der Waals surface area (Å²) in [6, 6.07) is 22.4. The Morgan fingerprint density at radius 3 is 2.35 bits per heavy atom. The summed E-state index contributed by atoms with van der Waals surface area (Å²) in [6.45, 7) is 2.02. The molecule has 1 amide bonds. The number of para-hydroxylation sites is 2. The Morgan fingerprint density at radius 2 is 1.61 bits per heavy atom. The van der Waals surface area contributed by atoms with E-state index >= 15 is 0 Å². The van der Waals surface area contributed by atoms with Crippen LogP contribution in [-0.2, 0) is 16.1 Å². The standard InChI is InChI=1S/C25H26N2O4/c1-18-12-14-20(15-13-18)26-22-10-6-5-9-21(22)25(29)31-17-24(28)27(2)16-19-8-4-7-11-23(19)30-3/h4-15,26H,16-17H2,1-3H3. The summed E-state index contributed by atoms with van der Waals surface area (Å²) in [5.41, 5.74) is 3.86. The molecule has 0 radical (unpaired) electrons. The van der Waals surface area contributed by atoms with Crippen LogP contribution in [0.5, 0.6) is 5.75 Å². The molecule has 3 aromatic rings. The van der Waals surface area contributed by atoms with Crippen molar-refractivity contribution >= 4 is 23.3 Å².